The summed E-state index contributed by atoms with van der Waals surface area (Å²) in [4.78, 5) is 36.9. The molecule has 1 atom stereocenters. The number of piperidine rings is 1. The van der Waals surface area contributed by atoms with Crippen LogP contribution in [0.2, 0.25) is 0 Å². The van der Waals surface area contributed by atoms with E-state index in [0.717, 1.165) is 56.0 Å². The highest BCUT2D eigenvalue weighted by Crippen LogP contribution is 2.38. The normalized spacial score (nSPS) is 21.9. The summed E-state index contributed by atoms with van der Waals surface area (Å²) in [5.41, 5.74) is 2.23. The number of rotatable bonds is 5. The third kappa shape index (κ3) is 5.03. The average molecular weight is 493 g/mol. The van der Waals surface area contributed by atoms with Gasteiger partial charge in [0.2, 0.25) is 5.91 Å². The molecule has 1 aromatic carbocycles. The summed E-state index contributed by atoms with van der Waals surface area (Å²) >= 11 is 0. The van der Waals surface area contributed by atoms with Gasteiger partial charge in [0.05, 0.1) is 5.69 Å². The molecule has 0 radical (unpaired) electrons. The van der Waals surface area contributed by atoms with Gasteiger partial charge in [0.1, 0.15) is 11.9 Å². The van der Waals surface area contributed by atoms with Gasteiger partial charge in [-0.15, -0.1) is 0 Å². The van der Waals surface area contributed by atoms with Crippen molar-refractivity contribution < 1.29 is 14.3 Å². The molecule has 3 aliphatic heterocycles. The summed E-state index contributed by atoms with van der Waals surface area (Å²) in [5, 5.41) is 6.55. The number of likely N-dealkylation sites (N-methyl/N-ethyl adjacent to an activating group) is 1. The van der Waals surface area contributed by atoms with Crippen molar-refractivity contribution in [1.29, 1.82) is 0 Å². The Labute approximate surface area is 212 Å². The summed E-state index contributed by atoms with van der Waals surface area (Å²) < 4.78 is 5.56. The molecular weight excluding hydrogens is 456 g/mol. The van der Waals surface area contributed by atoms with Crippen LogP contribution in [0.3, 0.4) is 0 Å². The largest absolute Gasteiger partial charge is 0.381 e. The van der Waals surface area contributed by atoms with E-state index in [9.17, 15) is 9.59 Å². The summed E-state index contributed by atoms with van der Waals surface area (Å²) in [6.07, 6.45) is 3.68. The highest BCUT2D eigenvalue weighted by atomic mass is 16.5. The van der Waals surface area contributed by atoms with Crippen molar-refractivity contribution in [3.05, 3.63) is 42.0 Å². The number of aromatic nitrogens is 1. The zero-order valence-corrected chi connectivity index (χ0v) is 21.4. The number of amides is 2. The van der Waals surface area contributed by atoms with Crippen LogP contribution in [0.15, 0.2) is 36.4 Å². The number of carbonyl (C=O) groups excluding carboxylic acids is 2. The maximum absolute atomic E-state index is 12.9. The molecule has 192 valence electrons. The Balaban J connectivity index is 1.35. The zero-order chi connectivity index (χ0) is 25.2. The minimum Gasteiger partial charge on any atom is -0.381 e. The molecule has 0 bridgehead atoms. The van der Waals surface area contributed by atoms with E-state index < -0.39 is 0 Å². The van der Waals surface area contributed by atoms with Gasteiger partial charge in [-0.1, -0.05) is 6.07 Å². The summed E-state index contributed by atoms with van der Waals surface area (Å²) in [6, 6.07) is 11.5. The molecule has 1 unspecified atom stereocenters. The number of anilines is 4. The van der Waals surface area contributed by atoms with Crippen molar-refractivity contribution in [3.63, 3.8) is 0 Å². The number of fused-ring (bicyclic) bond motifs is 1. The smallest absolute Gasteiger partial charge is 0.251 e. The topological polar surface area (TPSA) is 90.0 Å². The van der Waals surface area contributed by atoms with Crippen molar-refractivity contribution in [1.82, 2.24) is 15.2 Å². The minimum atomic E-state index is -0.292. The van der Waals surface area contributed by atoms with Crippen LogP contribution in [-0.2, 0) is 9.53 Å². The van der Waals surface area contributed by atoms with Gasteiger partial charge in [-0.3, -0.25) is 9.59 Å². The summed E-state index contributed by atoms with van der Waals surface area (Å²) in [6.45, 7) is 5.34. The fourth-order valence-electron chi connectivity index (χ4n) is 5.42. The van der Waals surface area contributed by atoms with Crippen LogP contribution in [-0.4, -0.2) is 80.2 Å². The molecule has 2 amide bonds. The van der Waals surface area contributed by atoms with Crippen LogP contribution in [0.5, 0.6) is 0 Å². The number of carbonyl (C=O) groups is 2. The highest BCUT2D eigenvalue weighted by Gasteiger charge is 2.39. The maximum Gasteiger partial charge on any atom is 0.251 e. The SMILES string of the molecule is CC1C(=O)N(C)c2ccc(Nc3cccc(C(=O)NC4CCN(C)CC4)c3)nc2N1C1CCOCC1. The maximum atomic E-state index is 12.9. The Hall–Kier alpha value is -3.17. The Morgan fingerprint density at radius 3 is 2.56 bits per heavy atom. The summed E-state index contributed by atoms with van der Waals surface area (Å²) in [7, 11) is 3.92. The van der Waals surface area contributed by atoms with Gasteiger partial charge in [-0.25, -0.2) is 4.98 Å². The number of pyridine rings is 1. The fourth-order valence-corrected chi connectivity index (χ4v) is 5.42. The molecule has 2 N–H and O–H groups in total. The first kappa shape index (κ1) is 24.5. The Kier molecular flexibility index (Phi) is 7.11. The van der Waals surface area contributed by atoms with E-state index in [0.29, 0.717) is 24.6 Å². The van der Waals surface area contributed by atoms with Gasteiger partial charge < -0.3 is 30.1 Å². The van der Waals surface area contributed by atoms with Crippen LogP contribution in [0, 0.1) is 0 Å². The molecule has 0 spiro atoms. The third-order valence-electron chi connectivity index (χ3n) is 7.60. The standard InChI is InChI=1S/C27H36N6O3/c1-18-27(35)32(3)23-7-8-24(30-25(23)33(18)22-11-15-36-16-12-22)28-21-6-4-5-19(17-21)26(34)29-20-9-13-31(2)14-10-20/h4-8,17-18,20,22H,9-16H2,1-3H3,(H,28,30)(H,29,34). The van der Waals surface area contributed by atoms with E-state index in [1.807, 2.05) is 43.3 Å². The van der Waals surface area contributed by atoms with E-state index in [2.05, 4.69) is 27.5 Å². The molecule has 3 aliphatic rings. The lowest BCUT2D eigenvalue weighted by atomic mass is 10.0. The second-order valence-corrected chi connectivity index (χ2v) is 10.1. The predicted octanol–water partition coefficient (Wildman–Crippen LogP) is 3.00. The zero-order valence-electron chi connectivity index (χ0n) is 21.4. The number of benzene rings is 1. The lowest BCUT2D eigenvalue weighted by Crippen LogP contribution is -2.56. The minimum absolute atomic E-state index is 0.0498. The van der Waals surface area contributed by atoms with Gasteiger partial charge >= 0.3 is 0 Å². The lowest BCUT2D eigenvalue weighted by molar-refractivity contribution is -0.119. The molecular formula is C27H36N6O3. The van der Waals surface area contributed by atoms with Crippen LogP contribution in [0.1, 0.15) is 43.0 Å². The molecule has 9 nitrogen and oxygen atoms in total. The quantitative estimate of drug-likeness (QED) is 0.663. The van der Waals surface area contributed by atoms with Crippen molar-refractivity contribution in [2.24, 2.45) is 0 Å². The van der Waals surface area contributed by atoms with E-state index in [1.54, 1.807) is 11.9 Å². The van der Waals surface area contributed by atoms with Crippen molar-refractivity contribution in [2.75, 3.05) is 55.5 Å². The third-order valence-corrected chi connectivity index (χ3v) is 7.60. The fraction of sp³-hybridized carbons (Fsp3) is 0.519. The lowest BCUT2D eigenvalue weighted by Gasteiger charge is -2.44. The van der Waals surface area contributed by atoms with E-state index in [4.69, 9.17) is 9.72 Å². The van der Waals surface area contributed by atoms with Gasteiger partial charge in [-0.2, -0.15) is 0 Å². The summed E-state index contributed by atoms with van der Waals surface area (Å²) in [5.74, 6) is 1.50. The van der Waals surface area contributed by atoms with Gasteiger partial charge in [0.25, 0.3) is 5.91 Å². The van der Waals surface area contributed by atoms with E-state index in [-0.39, 0.29) is 29.9 Å². The van der Waals surface area contributed by atoms with Gasteiger partial charge in [0, 0.05) is 43.6 Å². The van der Waals surface area contributed by atoms with Crippen LogP contribution in [0.4, 0.5) is 23.0 Å². The Bertz CT molecular complexity index is 1110. The number of hydrogen-bond acceptors (Lipinski definition) is 7. The molecule has 4 heterocycles. The number of nitrogens with one attached hydrogen (secondary N) is 2. The predicted molar refractivity (Wildman–Crippen MR) is 141 cm³/mol. The molecule has 2 aromatic rings. The van der Waals surface area contributed by atoms with Gasteiger partial charge in [-0.05, 0) is 83.1 Å². The molecule has 36 heavy (non-hydrogen) atoms. The molecule has 9 heteroatoms. The molecule has 1 aromatic heterocycles. The van der Waals surface area contributed by atoms with Crippen LogP contribution in [0.25, 0.3) is 0 Å². The first-order chi connectivity index (χ1) is 17.4. The number of likely N-dealkylation sites (tertiary alicyclic amines) is 1. The van der Waals surface area contributed by atoms with Crippen molar-refractivity contribution in [2.45, 2.75) is 50.7 Å². The number of ether oxygens (including phenoxy) is 1. The molecule has 5 rings (SSSR count). The Morgan fingerprint density at radius 1 is 1.06 bits per heavy atom. The van der Waals surface area contributed by atoms with Crippen molar-refractivity contribution >= 4 is 34.8 Å². The monoisotopic (exact) mass is 492 g/mol. The first-order valence-electron chi connectivity index (χ1n) is 12.9. The highest BCUT2D eigenvalue weighted by molar-refractivity contribution is 6.04. The Morgan fingerprint density at radius 2 is 1.81 bits per heavy atom. The van der Waals surface area contributed by atoms with Crippen molar-refractivity contribution in [3.8, 4) is 0 Å². The van der Waals surface area contributed by atoms with E-state index >= 15 is 0 Å². The molecule has 0 aliphatic carbocycles. The average Bonchev–Trinajstić information content (AvgIpc) is 2.89. The second-order valence-electron chi connectivity index (χ2n) is 10.1. The molecule has 0 saturated carbocycles. The van der Waals surface area contributed by atoms with Crippen LogP contribution < -0.4 is 20.4 Å². The van der Waals surface area contributed by atoms with Gasteiger partial charge in [0.15, 0.2) is 5.82 Å². The van der Waals surface area contributed by atoms with Crippen LogP contribution >= 0.6 is 0 Å². The van der Waals surface area contributed by atoms with E-state index in [1.165, 1.54) is 0 Å². The molecule has 2 saturated heterocycles. The number of hydrogen-bond donors (Lipinski definition) is 2. The number of nitrogens with zero attached hydrogens (tertiary/aromatic N) is 4. The second kappa shape index (κ2) is 10.4. The first-order valence-corrected chi connectivity index (χ1v) is 12.9. The molecule has 2 fully saturated rings.